The van der Waals surface area contributed by atoms with Crippen molar-refractivity contribution < 1.29 is 4.79 Å². The van der Waals surface area contributed by atoms with Crippen molar-refractivity contribution in [2.24, 2.45) is 0 Å². The fourth-order valence-corrected chi connectivity index (χ4v) is 3.76. The molecule has 1 unspecified atom stereocenters. The van der Waals surface area contributed by atoms with Crippen LogP contribution in [0.3, 0.4) is 0 Å². The molecule has 0 saturated carbocycles. The van der Waals surface area contributed by atoms with Crippen LogP contribution >= 0.6 is 27.3 Å². The second-order valence-corrected chi connectivity index (χ2v) is 7.19. The first-order valence-corrected chi connectivity index (χ1v) is 9.42. The molecule has 2 aromatic carbocycles. The van der Waals surface area contributed by atoms with Crippen molar-refractivity contribution in [1.82, 2.24) is 10.3 Å². The molecule has 5 heteroatoms. The summed E-state index contributed by atoms with van der Waals surface area (Å²) in [6.07, 6.45) is 0.796. The number of thiazole rings is 1. The van der Waals surface area contributed by atoms with Crippen LogP contribution in [0.15, 0.2) is 64.5 Å². The van der Waals surface area contributed by atoms with Crippen LogP contribution in [0.25, 0.3) is 11.3 Å². The van der Waals surface area contributed by atoms with Crippen molar-refractivity contribution >= 4 is 33.2 Å². The number of nitrogens with zero attached hydrogens (tertiary/aromatic N) is 1. The van der Waals surface area contributed by atoms with E-state index in [-0.39, 0.29) is 11.9 Å². The van der Waals surface area contributed by atoms with E-state index in [2.05, 4.69) is 28.2 Å². The van der Waals surface area contributed by atoms with Gasteiger partial charge in [0, 0.05) is 21.0 Å². The van der Waals surface area contributed by atoms with Crippen LogP contribution in [0, 0.1) is 0 Å². The molecule has 0 radical (unpaired) electrons. The number of carbonyl (C=O) groups excluding carboxylic acids is 1. The number of hydrogen-bond donors (Lipinski definition) is 1. The molecule has 1 amide bonds. The molecule has 0 fully saturated rings. The van der Waals surface area contributed by atoms with Crippen LogP contribution in [0.2, 0.25) is 0 Å². The smallest absolute Gasteiger partial charge is 0.251 e. The molecular weight excluding hydrogens is 384 g/mol. The molecular formula is C19H17BrN2OS. The van der Waals surface area contributed by atoms with Gasteiger partial charge >= 0.3 is 0 Å². The maximum Gasteiger partial charge on any atom is 0.251 e. The Morgan fingerprint density at radius 1 is 1.21 bits per heavy atom. The van der Waals surface area contributed by atoms with Crippen molar-refractivity contribution in [3.8, 4) is 11.3 Å². The average Bonchev–Trinajstić information content (AvgIpc) is 3.10. The van der Waals surface area contributed by atoms with Crippen molar-refractivity contribution in [2.75, 3.05) is 0 Å². The minimum Gasteiger partial charge on any atom is -0.343 e. The predicted molar refractivity (Wildman–Crippen MR) is 102 cm³/mol. The Morgan fingerprint density at radius 2 is 2.00 bits per heavy atom. The highest BCUT2D eigenvalue weighted by atomic mass is 79.9. The van der Waals surface area contributed by atoms with E-state index in [4.69, 9.17) is 4.98 Å². The lowest BCUT2D eigenvalue weighted by Gasteiger charge is -2.14. The van der Waals surface area contributed by atoms with Crippen LogP contribution in [0.1, 0.15) is 34.8 Å². The van der Waals surface area contributed by atoms with E-state index < -0.39 is 0 Å². The van der Waals surface area contributed by atoms with Crippen LogP contribution in [-0.2, 0) is 0 Å². The SMILES string of the molecule is CCC(NC(=O)c1ccccc1)c1nc(-c2cccc(Br)c2)cs1. The number of amides is 1. The Bertz CT molecular complexity index is 832. The highest BCUT2D eigenvalue weighted by molar-refractivity contribution is 9.10. The molecule has 3 nitrogen and oxygen atoms in total. The number of aromatic nitrogens is 1. The standard InChI is InChI=1S/C19H17BrN2OS/c1-2-16(21-18(23)13-7-4-3-5-8-13)19-22-17(12-24-19)14-9-6-10-15(20)11-14/h3-12,16H,2H2,1H3,(H,21,23). The van der Waals surface area contributed by atoms with E-state index in [9.17, 15) is 4.79 Å². The molecule has 0 saturated heterocycles. The molecule has 1 aromatic heterocycles. The molecule has 3 rings (SSSR count). The summed E-state index contributed by atoms with van der Waals surface area (Å²) in [5, 5.41) is 6.04. The lowest BCUT2D eigenvalue weighted by atomic mass is 10.1. The lowest BCUT2D eigenvalue weighted by Crippen LogP contribution is -2.28. The summed E-state index contributed by atoms with van der Waals surface area (Å²) in [5.41, 5.74) is 2.67. The van der Waals surface area contributed by atoms with E-state index in [0.29, 0.717) is 5.56 Å². The molecule has 1 heterocycles. The first kappa shape index (κ1) is 16.9. The number of hydrogen-bond acceptors (Lipinski definition) is 3. The van der Waals surface area contributed by atoms with Crippen LogP contribution in [0.5, 0.6) is 0 Å². The van der Waals surface area contributed by atoms with Gasteiger partial charge in [-0.2, -0.15) is 0 Å². The monoisotopic (exact) mass is 400 g/mol. The summed E-state index contributed by atoms with van der Waals surface area (Å²) < 4.78 is 1.03. The molecule has 122 valence electrons. The molecule has 0 bridgehead atoms. The van der Waals surface area contributed by atoms with E-state index in [1.54, 1.807) is 11.3 Å². The van der Waals surface area contributed by atoms with Crippen LogP contribution in [-0.4, -0.2) is 10.9 Å². The fourth-order valence-electron chi connectivity index (χ4n) is 2.40. The van der Waals surface area contributed by atoms with Gasteiger partial charge in [0.2, 0.25) is 0 Å². The number of halogens is 1. The summed E-state index contributed by atoms with van der Waals surface area (Å²) in [7, 11) is 0. The van der Waals surface area contributed by atoms with Gasteiger partial charge in [0.25, 0.3) is 5.91 Å². The largest absolute Gasteiger partial charge is 0.343 e. The van der Waals surface area contributed by atoms with Gasteiger partial charge in [0.15, 0.2) is 0 Å². The first-order valence-electron chi connectivity index (χ1n) is 7.74. The van der Waals surface area contributed by atoms with Crippen LogP contribution < -0.4 is 5.32 Å². The maximum atomic E-state index is 12.4. The molecule has 3 aromatic rings. The second kappa shape index (κ2) is 7.73. The minimum atomic E-state index is -0.0800. The van der Waals surface area contributed by atoms with Crippen molar-refractivity contribution in [2.45, 2.75) is 19.4 Å². The van der Waals surface area contributed by atoms with Gasteiger partial charge in [-0.15, -0.1) is 11.3 Å². The number of nitrogens with one attached hydrogen (secondary N) is 1. The summed E-state index contributed by atoms with van der Waals surface area (Å²) >= 11 is 5.07. The normalized spacial score (nSPS) is 11.9. The lowest BCUT2D eigenvalue weighted by molar-refractivity contribution is 0.0935. The Morgan fingerprint density at radius 3 is 2.71 bits per heavy atom. The third-order valence-electron chi connectivity index (χ3n) is 3.69. The number of rotatable bonds is 5. The van der Waals surface area contributed by atoms with Crippen molar-refractivity contribution in [3.05, 3.63) is 75.0 Å². The summed E-state index contributed by atoms with van der Waals surface area (Å²) in [6, 6.07) is 17.2. The van der Waals surface area contributed by atoms with Gasteiger partial charge in [0.1, 0.15) is 5.01 Å². The van der Waals surface area contributed by atoms with Gasteiger partial charge in [-0.1, -0.05) is 53.2 Å². The molecule has 0 aliphatic rings. The second-order valence-electron chi connectivity index (χ2n) is 5.38. The third-order valence-corrected chi connectivity index (χ3v) is 5.14. The molecule has 1 N–H and O–H groups in total. The quantitative estimate of drug-likeness (QED) is 0.618. The molecule has 1 atom stereocenters. The van der Waals surface area contributed by atoms with Crippen molar-refractivity contribution in [1.29, 1.82) is 0 Å². The summed E-state index contributed by atoms with van der Waals surface area (Å²) in [5.74, 6) is -0.0679. The Hall–Kier alpha value is -1.98. The highest BCUT2D eigenvalue weighted by Crippen LogP contribution is 2.28. The summed E-state index contributed by atoms with van der Waals surface area (Å²) in [4.78, 5) is 17.1. The zero-order chi connectivity index (χ0) is 16.9. The molecule has 0 spiro atoms. The zero-order valence-electron chi connectivity index (χ0n) is 13.2. The maximum absolute atomic E-state index is 12.4. The van der Waals surface area contributed by atoms with Crippen molar-refractivity contribution in [3.63, 3.8) is 0 Å². The number of benzene rings is 2. The molecule has 0 aliphatic heterocycles. The van der Waals surface area contributed by atoms with Gasteiger partial charge in [-0.05, 0) is 30.7 Å². The van der Waals surface area contributed by atoms with Crippen LogP contribution in [0.4, 0.5) is 0 Å². The Labute approximate surface area is 153 Å². The summed E-state index contributed by atoms with van der Waals surface area (Å²) in [6.45, 7) is 2.05. The minimum absolute atomic E-state index is 0.0679. The topological polar surface area (TPSA) is 42.0 Å². The predicted octanol–water partition coefficient (Wildman–Crippen LogP) is 5.45. The van der Waals surface area contributed by atoms with Gasteiger partial charge in [-0.25, -0.2) is 4.98 Å². The Balaban J connectivity index is 1.78. The fraction of sp³-hybridized carbons (Fsp3) is 0.158. The van der Waals surface area contributed by atoms with E-state index in [0.717, 1.165) is 27.2 Å². The van der Waals surface area contributed by atoms with Gasteiger partial charge in [0.05, 0.1) is 11.7 Å². The average molecular weight is 401 g/mol. The highest BCUT2D eigenvalue weighted by Gasteiger charge is 2.17. The first-order chi connectivity index (χ1) is 11.7. The molecule has 0 aliphatic carbocycles. The van der Waals surface area contributed by atoms with E-state index in [1.807, 2.05) is 60.0 Å². The van der Waals surface area contributed by atoms with E-state index >= 15 is 0 Å². The number of carbonyl (C=O) groups is 1. The molecule has 24 heavy (non-hydrogen) atoms. The van der Waals surface area contributed by atoms with Gasteiger partial charge in [-0.3, -0.25) is 4.79 Å². The third kappa shape index (κ3) is 3.91. The van der Waals surface area contributed by atoms with Gasteiger partial charge < -0.3 is 5.32 Å². The van der Waals surface area contributed by atoms with E-state index in [1.165, 1.54) is 0 Å². The zero-order valence-corrected chi connectivity index (χ0v) is 15.6. The Kier molecular flexibility index (Phi) is 5.43.